The van der Waals surface area contributed by atoms with Crippen LogP contribution >= 0.6 is 11.6 Å². The second-order valence-corrected chi connectivity index (χ2v) is 7.95. The van der Waals surface area contributed by atoms with Crippen molar-refractivity contribution >= 4 is 29.2 Å². The second-order valence-electron chi connectivity index (χ2n) is 7.51. The minimum absolute atomic E-state index is 0.210. The summed E-state index contributed by atoms with van der Waals surface area (Å²) in [5.41, 5.74) is 0.878. The summed E-state index contributed by atoms with van der Waals surface area (Å²) in [4.78, 5) is 31.8. The van der Waals surface area contributed by atoms with E-state index in [4.69, 9.17) is 11.6 Å². The van der Waals surface area contributed by atoms with E-state index in [-0.39, 0.29) is 11.9 Å². The highest BCUT2D eigenvalue weighted by atomic mass is 35.5. The van der Waals surface area contributed by atoms with Crippen molar-refractivity contribution in [3.63, 3.8) is 0 Å². The van der Waals surface area contributed by atoms with Crippen LogP contribution in [-0.2, 0) is 10.3 Å². The average molecular weight is 413 g/mol. The van der Waals surface area contributed by atoms with Gasteiger partial charge in [0.25, 0.3) is 5.91 Å². The molecule has 0 saturated carbocycles. The van der Waals surface area contributed by atoms with Gasteiger partial charge in [-0.2, -0.15) is 0 Å². The molecule has 1 atom stereocenters. The third kappa shape index (κ3) is 3.70. The Morgan fingerprint density at radius 3 is 2.38 bits per heavy atom. The highest BCUT2D eigenvalue weighted by molar-refractivity contribution is 6.30. The zero-order valence-corrected chi connectivity index (χ0v) is 17.2. The second kappa shape index (κ2) is 8.05. The van der Waals surface area contributed by atoms with Crippen molar-refractivity contribution in [2.24, 2.45) is 0 Å². The number of hydrogen-bond acceptors (Lipinski definition) is 4. The predicted molar refractivity (Wildman–Crippen MR) is 114 cm³/mol. The summed E-state index contributed by atoms with van der Waals surface area (Å²) in [6, 6.07) is 17.1. The van der Waals surface area contributed by atoms with E-state index in [9.17, 15) is 9.59 Å². The van der Waals surface area contributed by atoms with Gasteiger partial charge in [0, 0.05) is 36.9 Å². The van der Waals surface area contributed by atoms with E-state index in [1.54, 1.807) is 18.2 Å². The lowest BCUT2D eigenvalue weighted by molar-refractivity contribution is -0.133. The van der Waals surface area contributed by atoms with Gasteiger partial charge in [-0.1, -0.05) is 48.9 Å². The third-order valence-electron chi connectivity index (χ3n) is 5.86. The van der Waals surface area contributed by atoms with Crippen LogP contribution in [0, 0.1) is 0 Å². The summed E-state index contributed by atoms with van der Waals surface area (Å²) >= 11 is 6.13. The molecule has 0 unspecified atom stereocenters. The summed E-state index contributed by atoms with van der Waals surface area (Å²) < 4.78 is 0. The zero-order chi connectivity index (χ0) is 20.4. The number of piperazine rings is 1. The zero-order valence-electron chi connectivity index (χ0n) is 16.5. The average Bonchev–Trinajstić information content (AvgIpc) is 3.00. The van der Waals surface area contributed by atoms with Gasteiger partial charge in [0.2, 0.25) is 0 Å². The quantitative estimate of drug-likeness (QED) is 0.766. The maximum absolute atomic E-state index is 13.3. The Hall–Kier alpha value is -2.57. The Kier molecular flexibility index (Phi) is 5.48. The predicted octanol–water partition coefficient (Wildman–Crippen LogP) is 3.28. The first-order valence-corrected chi connectivity index (χ1v) is 10.3. The Morgan fingerprint density at radius 2 is 1.72 bits per heavy atom. The lowest BCUT2D eigenvalue weighted by Crippen LogP contribution is -2.51. The van der Waals surface area contributed by atoms with Crippen molar-refractivity contribution in [2.45, 2.75) is 18.9 Å². The standard InChI is InChI=1S/C22H25ClN4O2/c1-2-22(17-7-6-8-18(23)15-17)20(28)27(21(29)24-22)16-25-11-13-26(14-12-25)19-9-4-3-5-10-19/h3-10,15H,2,11-14,16H2,1H3,(H,24,29)/t22-/m0/s1. The number of urea groups is 1. The first-order valence-electron chi connectivity index (χ1n) is 9.96. The summed E-state index contributed by atoms with van der Waals surface area (Å²) in [5.74, 6) is -0.210. The number of imide groups is 1. The number of nitrogens with one attached hydrogen (secondary N) is 1. The van der Waals surface area contributed by atoms with E-state index in [0.717, 1.165) is 31.7 Å². The largest absolute Gasteiger partial charge is 0.369 e. The van der Waals surface area contributed by atoms with Crippen LogP contribution in [0.15, 0.2) is 54.6 Å². The van der Waals surface area contributed by atoms with Gasteiger partial charge in [-0.3, -0.25) is 9.69 Å². The molecule has 2 aliphatic heterocycles. The van der Waals surface area contributed by atoms with Crippen LogP contribution in [0.4, 0.5) is 10.5 Å². The van der Waals surface area contributed by atoms with E-state index >= 15 is 0 Å². The molecule has 0 spiro atoms. The molecule has 4 rings (SSSR count). The number of carbonyl (C=O) groups is 2. The number of para-hydroxylation sites is 1. The lowest BCUT2D eigenvalue weighted by atomic mass is 9.87. The SMILES string of the molecule is CC[C@@]1(c2cccc(Cl)c2)NC(=O)N(CN2CCN(c3ccccc3)CC2)C1=O. The third-order valence-corrected chi connectivity index (χ3v) is 6.09. The lowest BCUT2D eigenvalue weighted by Gasteiger charge is -2.37. The van der Waals surface area contributed by atoms with Crippen LogP contribution in [0.25, 0.3) is 0 Å². The molecule has 7 heteroatoms. The van der Waals surface area contributed by atoms with Gasteiger partial charge in [0.05, 0.1) is 6.67 Å². The normalized spacial score (nSPS) is 22.8. The van der Waals surface area contributed by atoms with Gasteiger partial charge in [0.1, 0.15) is 5.54 Å². The number of nitrogens with zero attached hydrogens (tertiary/aromatic N) is 3. The van der Waals surface area contributed by atoms with Crippen LogP contribution in [0.5, 0.6) is 0 Å². The molecule has 0 aromatic heterocycles. The summed E-state index contributed by atoms with van der Waals surface area (Å²) in [5, 5.41) is 3.48. The van der Waals surface area contributed by atoms with Crippen LogP contribution in [0.3, 0.4) is 0 Å². The molecule has 2 heterocycles. The Bertz CT molecular complexity index is 899. The summed E-state index contributed by atoms with van der Waals surface area (Å²) in [6.45, 7) is 5.52. The molecule has 2 fully saturated rings. The molecule has 0 bridgehead atoms. The minimum atomic E-state index is -1.05. The van der Waals surface area contributed by atoms with Gasteiger partial charge in [-0.25, -0.2) is 9.69 Å². The fourth-order valence-electron chi connectivity index (χ4n) is 4.13. The number of rotatable bonds is 5. The van der Waals surface area contributed by atoms with E-state index in [0.29, 0.717) is 18.1 Å². The van der Waals surface area contributed by atoms with E-state index in [1.807, 2.05) is 31.2 Å². The highest BCUT2D eigenvalue weighted by Gasteiger charge is 2.51. The van der Waals surface area contributed by atoms with E-state index in [2.05, 4.69) is 27.2 Å². The van der Waals surface area contributed by atoms with Crippen LogP contribution < -0.4 is 10.2 Å². The molecular formula is C22H25ClN4O2. The van der Waals surface area contributed by atoms with Crippen molar-refractivity contribution in [1.82, 2.24) is 15.1 Å². The van der Waals surface area contributed by atoms with Gasteiger partial charge in [-0.15, -0.1) is 0 Å². The minimum Gasteiger partial charge on any atom is -0.369 e. The smallest absolute Gasteiger partial charge is 0.326 e. The molecule has 152 valence electrons. The highest BCUT2D eigenvalue weighted by Crippen LogP contribution is 2.33. The van der Waals surface area contributed by atoms with Gasteiger partial charge >= 0.3 is 6.03 Å². The molecule has 3 amide bonds. The van der Waals surface area contributed by atoms with Crippen molar-refractivity contribution < 1.29 is 9.59 Å². The van der Waals surface area contributed by atoms with E-state index < -0.39 is 5.54 Å². The van der Waals surface area contributed by atoms with Crippen molar-refractivity contribution in [3.8, 4) is 0 Å². The van der Waals surface area contributed by atoms with Crippen LogP contribution in [0.2, 0.25) is 5.02 Å². The molecule has 0 aliphatic carbocycles. The Balaban J connectivity index is 1.45. The number of anilines is 1. The molecule has 2 saturated heterocycles. The van der Waals surface area contributed by atoms with E-state index in [1.165, 1.54) is 10.6 Å². The first kappa shape index (κ1) is 19.7. The number of halogens is 1. The molecule has 6 nitrogen and oxygen atoms in total. The Morgan fingerprint density at radius 1 is 1.00 bits per heavy atom. The van der Waals surface area contributed by atoms with Crippen molar-refractivity contribution in [2.75, 3.05) is 37.7 Å². The molecule has 2 aromatic carbocycles. The number of carbonyl (C=O) groups excluding carboxylic acids is 2. The number of amides is 3. The molecule has 1 N–H and O–H groups in total. The molecule has 0 radical (unpaired) electrons. The fourth-order valence-corrected chi connectivity index (χ4v) is 4.32. The Labute approximate surface area is 176 Å². The topological polar surface area (TPSA) is 55.9 Å². The van der Waals surface area contributed by atoms with Gasteiger partial charge in [-0.05, 0) is 36.2 Å². The monoisotopic (exact) mass is 412 g/mol. The first-order chi connectivity index (χ1) is 14.0. The fraction of sp³-hybridized carbons (Fsp3) is 0.364. The molecule has 29 heavy (non-hydrogen) atoms. The molecule has 2 aliphatic rings. The maximum atomic E-state index is 13.3. The summed E-state index contributed by atoms with van der Waals surface area (Å²) in [7, 11) is 0. The molecule has 2 aromatic rings. The van der Waals surface area contributed by atoms with Crippen LogP contribution in [-0.4, -0.2) is 54.6 Å². The van der Waals surface area contributed by atoms with Crippen LogP contribution in [0.1, 0.15) is 18.9 Å². The number of benzene rings is 2. The maximum Gasteiger partial charge on any atom is 0.326 e. The van der Waals surface area contributed by atoms with Crippen molar-refractivity contribution in [1.29, 1.82) is 0 Å². The number of hydrogen-bond donors (Lipinski definition) is 1. The van der Waals surface area contributed by atoms with Crippen molar-refractivity contribution in [3.05, 3.63) is 65.2 Å². The van der Waals surface area contributed by atoms with Gasteiger partial charge < -0.3 is 10.2 Å². The summed E-state index contributed by atoms with van der Waals surface area (Å²) in [6.07, 6.45) is 0.468. The van der Waals surface area contributed by atoms with Gasteiger partial charge in [0.15, 0.2) is 0 Å². The molecular weight excluding hydrogens is 388 g/mol.